The second kappa shape index (κ2) is 5.55. The summed E-state index contributed by atoms with van der Waals surface area (Å²) in [6.45, 7) is 3.76. The van der Waals surface area contributed by atoms with Gasteiger partial charge in [0.2, 0.25) is 5.03 Å². The van der Waals surface area contributed by atoms with Crippen molar-refractivity contribution in [3.63, 3.8) is 0 Å². The highest BCUT2D eigenvalue weighted by Crippen LogP contribution is 2.21. The lowest BCUT2D eigenvalue weighted by Crippen LogP contribution is -2.27. The van der Waals surface area contributed by atoms with Crippen molar-refractivity contribution in [2.75, 3.05) is 0 Å². The smallest absolute Gasteiger partial charge is 0.261 e. The molecule has 1 heterocycles. The van der Waals surface area contributed by atoms with Crippen LogP contribution < -0.4 is 4.72 Å². The standard InChI is InChI=1S/C13H16ClN3O2S/c1-9-4-6-11(7-5-9)10(2)16-20(18,19)13-12(14)17(3)8-15-13/h4-8,10,16H,1-3H3. The maximum absolute atomic E-state index is 12.2. The molecule has 0 amide bonds. The van der Waals surface area contributed by atoms with E-state index >= 15 is 0 Å². The molecule has 7 heteroatoms. The van der Waals surface area contributed by atoms with Gasteiger partial charge in [-0.1, -0.05) is 41.4 Å². The molecule has 2 aromatic rings. The molecule has 1 unspecified atom stereocenters. The minimum Gasteiger partial charge on any atom is -0.324 e. The molecule has 2 rings (SSSR count). The summed E-state index contributed by atoms with van der Waals surface area (Å²) in [7, 11) is -2.10. The highest BCUT2D eigenvalue weighted by Gasteiger charge is 2.24. The number of nitrogens with zero attached hydrogens (tertiary/aromatic N) is 2. The van der Waals surface area contributed by atoms with Gasteiger partial charge in [-0.05, 0) is 19.4 Å². The van der Waals surface area contributed by atoms with Gasteiger partial charge in [0.15, 0.2) is 0 Å². The molecular formula is C13H16ClN3O2S. The van der Waals surface area contributed by atoms with Gasteiger partial charge in [-0.3, -0.25) is 0 Å². The molecule has 0 spiro atoms. The molecule has 1 atom stereocenters. The molecule has 0 fully saturated rings. The fourth-order valence-corrected chi connectivity index (χ4v) is 3.45. The average molecular weight is 314 g/mol. The van der Waals surface area contributed by atoms with Crippen LogP contribution in [0.2, 0.25) is 5.15 Å². The largest absolute Gasteiger partial charge is 0.324 e. The second-order valence-electron chi connectivity index (χ2n) is 4.71. The van der Waals surface area contributed by atoms with E-state index in [0.29, 0.717) is 0 Å². The van der Waals surface area contributed by atoms with E-state index in [2.05, 4.69) is 9.71 Å². The van der Waals surface area contributed by atoms with Crippen LogP contribution >= 0.6 is 11.6 Å². The van der Waals surface area contributed by atoms with Gasteiger partial charge in [-0.15, -0.1) is 0 Å². The average Bonchev–Trinajstić information content (AvgIpc) is 2.71. The van der Waals surface area contributed by atoms with Crippen LogP contribution in [0, 0.1) is 6.92 Å². The van der Waals surface area contributed by atoms with Gasteiger partial charge in [-0.25, -0.2) is 18.1 Å². The van der Waals surface area contributed by atoms with E-state index < -0.39 is 10.0 Å². The number of rotatable bonds is 4. The predicted octanol–water partition coefficient (Wildman–Crippen LogP) is 2.42. The van der Waals surface area contributed by atoms with Crippen molar-refractivity contribution in [1.82, 2.24) is 14.3 Å². The van der Waals surface area contributed by atoms with Crippen LogP contribution in [0.15, 0.2) is 35.6 Å². The Bertz CT molecular complexity index is 708. The quantitative estimate of drug-likeness (QED) is 0.943. The molecule has 108 valence electrons. The highest BCUT2D eigenvalue weighted by molar-refractivity contribution is 7.89. The lowest BCUT2D eigenvalue weighted by Gasteiger charge is -2.14. The lowest BCUT2D eigenvalue weighted by atomic mass is 10.1. The highest BCUT2D eigenvalue weighted by atomic mass is 35.5. The van der Waals surface area contributed by atoms with E-state index in [1.807, 2.05) is 31.2 Å². The van der Waals surface area contributed by atoms with Crippen molar-refractivity contribution in [2.24, 2.45) is 7.05 Å². The SMILES string of the molecule is Cc1ccc(C(C)NS(=O)(=O)c2ncn(C)c2Cl)cc1. The normalized spacial score (nSPS) is 13.4. The Hall–Kier alpha value is -1.37. The number of benzene rings is 1. The van der Waals surface area contributed by atoms with E-state index in [0.717, 1.165) is 11.1 Å². The topological polar surface area (TPSA) is 64.0 Å². The fraction of sp³-hybridized carbons (Fsp3) is 0.308. The van der Waals surface area contributed by atoms with Crippen molar-refractivity contribution in [2.45, 2.75) is 24.9 Å². The van der Waals surface area contributed by atoms with Crippen molar-refractivity contribution in [3.8, 4) is 0 Å². The molecule has 0 radical (unpaired) electrons. The molecule has 20 heavy (non-hydrogen) atoms. The number of halogens is 1. The maximum Gasteiger partial charge on any atom is 0.261 e. The van der Waals surface area contributed by atoms with Crippen LogP contribution in [0.25, 0.3) is 0 Å². The molecule has 0 aliphatic carbocycles. The second-order valence-corrected chi connectivity index (χ2v) is 6.69. The van der Waals surface area contributed by atoms with E-state index in [9.17, 15) is 8.42 Å². The molecule has 5 nitrogen and oxygen atoms in total. The predicted molar refractivity (Wildman–Crippen MR) is 78.1 cm³/mol. The number of aromatic nitrogens is 2. The van der Waals surface area contributed by atoms with Gasteiger partial charge in [0.25, 0.3) is 10.0 Å². The van der Waals surface area contributed by atoms with Crippen molar-refractivity contribution < 1.29 is 8.42 Å². The summed E-state index contributed by atoms with van der Waals surface area (Å²) in [5, 5.41) is -0.0609. The summed E-state index contributed by atoms with van der Waals surface area (Å²) < 4.78 is 28.5. The Labute approximate surface area is 123 Å². The first-order valence-corrected chi connectivity index (χ1v) is 7.93. The maximum atomic E-state index is 12.2. The van der Waals surface area contributed by atoms with Crippen LogP contribution in [-0.4, -0.2) is 18.0 Å². The number of aryl methyl sites for hydroxylation is 2. The number of sulfonamides is 1. The van der Waals surface area contributed by atoms with Crippen LogP contribution in [0.4, 0.5) is 0 Å². The molecule has 0 bridgehead atoms. The summed E-state index contributed by atoms with van der Waals surface area (Å²) in [5.41, 5.74) is 2.00. The number of hydrogen-bond acceptors (Lipinski definition) is 3. The fourth-order valence-electron chi connectivity index (χ4n) is 1.79. The van der Waals surface area contributed by atoms with Crippen LogP contribution in [0.5, 0.6) is 0 Å². The van der Waals surface area contributed by atoms with Crippen LogP contribution in [0.1, 0.15) is 24.1 Å². The Morgan fingerprint density at radius 3 is 2.40 bits per heavy atom. The zero-order chi connectivity index (χ0) is 14.9. The first kappa shape index (κ1) is 15.0. The molecule has 0 aliphatic rings. The van der Waals surface area contributed by atoms with Gasteiger partial charge in [0, 0.05) is 13.1 Å². The van der Waals surface area contributed by atoms with Crippen molar-refractivity contribution in [1.29, 1.82) is 0 Å². The summed E-state index contributed by atoms with van der Waals surface area (Å²) in [4.78, 5) is 3.83. The summed E-state index contributed by atoms with van der Waals surface area (Å²) in [5.74, 6) is 0. The van der Waals surface area contributed by atoms with Crippen molar-refractivity contribution in [3.05, 3.63) is 46.9 Å². The van der Waals surface area contributed by atoms with E-state index in [-0.39, 0.29) is 16.2 Å². The third-order valence-electron chi connectivity index (χ3n) is 3.00. The molecule has 0 saturated heterocycles. The first-order valence-electron chi connectivity index (χ1n) is 6.07. The zero-order valence-electron chi connectivity index (χ0n) is 11.5. The van der Waals surface area contributed by atoms with Gasteiger partial charge in [-0.2, -0.15) is 0 Å². The molecule has 1 N–H and O–H groups in total. The third kappa shape index (κ3) is 3.03. The summed E-state index contributed by atoms with van der Waals surface area (Å²) >= 11 is 5.92. The molecule has 0 aliphatic heterocycles. The Balaban J connectivity index is 2.24. The van der Waals surface area contributed by atoms with Crippen molar-refractivity contribution >= 4 is 21.6 Å². The summed E-state index contributed by atoms with van der Waals surface area (Å²) in [6, 6.07) is 7.30. The Morgan fingerprint density at radius 1 is 1.30 bits per heavy atom. The molecular weight excluding hydrogens is 298 g/mol. The third-order valence-corrected chi connectivity index (χ3v) is 5.03. The van der Waals surface area contributed by atoms with E-state index in [4.69, 9.17) is 11.6 Å². The lowest BCUT2D eigenvalue weighted by molar-refractivity contribution is 0.563. The molecule has 0 saturated carbocycles. The van der Waals surface area contributed by atoms with Crippen LogP contribution in [-0.2, 0) is 17.1 Å². The Morgan fingerprint density at radius 2 is 1.90 bits per heavy atom. The summed E-state index contributed by atoms with van der Waals surface area (Å²) in [6.07, 6.45) is 1.37. The van der Waals surface area contributed by atoms with Crippen LogP contribution in [0.3, 0.4) is 0 Å². The van der Waals surface area contributed by atoms with E-state index in [1.165, 1.54) is 10.9 Å². The monoisotopic (exact) mass is 313 g/mol. The van der Waals surface area contributed by atoms with Gasteiger partial charge in [0.1, 0.15) is 5.15 Å². The van der Waals surface area contributed by atoms with Gasteiger partial charge >= 0.3 is 0 Å². The minimum atomic E-state index is -3.74. The Kier molecular flexibility index (Phi) is 4.17. The van der Waals surface area contributed by atoms with Gasteiger partial charge in [0.05, 0.1) is 6.33 Å². The number of imidazole rings is 1. The van der Waals surface area contributed by atoms with Gasteiger partial charge < -0.3 is 4.57 Å². The molecule has 1 aromatic carbocycles. The minimum absolute atomic E-state index is 0.0913. The first-order chi connectivity index (χ1) is 9.31. The number of nitrogens with one attached hydrogen (secondary N) is 1. The number of hydrogen-bond donors (Lipinski definition) is 1. The molecule has 1 aromatic heterocycles. The zero-order valence-corrected chi connectivity index (χ0v) is 13.0. The van der Waals surface area contributed by atoms with E-state index in [1.54, 1.807) is 14.0 Å².